The maximum atomic E-state index is 14.9. The molecule has 1 atom stereocenters. The lowest BCUT2D eigenvalue weighted by Gasteiger charge is -2.41. The molecule has 7 heteroatoms. The molecule has 1 saturated carbocycles. The van der Waals surface area contributed by atoms with Crippen LogP contribution in [0.4, 0.5) is 15.8 Å². The van der Waals surface area contributed by atoms with Crippen LogP contribution < -0.4 is 10.2 Å². The van der Waals surface area contributed by atoms with E-state index in [1.54, 1.807) is 24.6 Å². The van der Waals surface area contributed by atoms with Crippen LogP contribution in [0.25, 0.3) is 0 Å². The maximum absolute atomic E-state index is 14.9. The predicted molar refractivity (Wildman–Crippen MR) is 124 cm³/mol. The topological polar surface area (TPSA) is 61.6 Å². The Morgan fingerprint density at radius 3 is 2.50 bits per heavy atom. The molecule has 2 fully saturated rings. The Balaban J connectivity index is 1.40. The van der Waals surface area contributed by atoms with Gasteiger partial charge in [-0.3, -0.25) is 9.69 Å². The van der Waals surface area contributed by atoms with Gasteiger partial charge in [-0.05, 0) is 49.8 Å². The number of nitrogens with zero attached hydrogens (tertiary/aromatic N) is 3. The minimum atomic E-state index is -0.291. The Bertz CT molecular complexity index is 870. The van der Waals surface area contributed by atoms with E-state index in [-0.39, 0.29) is 23.7 Å². The first-order chi connectivity index (χ1) is 15.6. The number of amides is 1. The van der Waals surface area contributed by atoms with E-state index in [1.165, 1.54) is 31.7 Å². The van der Waals surface area contributed by atoms with Gasteiger partial charge in [0.25, 0.3) is 0 Å². The SMILES string of the molecule is CCC(CC)C(=O)Nc1ccc(N2CCN(C(c3ncco3)C3CCCC3)CC2)c(F)c1. The van der Waals surface area contributed by atoms with Crippen molar-refractivity contribution in [3.8, 4) is 0 Å². The van der Waals surface area contributed by atoms with Crippen LogP contribution in [0, 0.1) is 17.7 Å². The number of oxazole rings is 1. The summed E-state index contributed by atoms with van der Waals surface area (Å²) in [6.07, 6.45) is 9.92. The van der Waals surface area contributed by atoms with Gasteiger partial charge in [0.05, 0.1) is 17.9 Å². The lowest BCUT2D eigenvalue weighted by atomic mass is 9.95. The molecule has 2 aliphatic rings. The van der Waals surface area contributed by atoms with Crippen molar-refractivity contribution in [2.75, 3.05) is 36.4 Å². The molecule has 0 spiro atoms. The number of anilines is 2. The second-order valence-corrected chi connectivity index (χ2v) is 9.05. The number of carbonyl (C=O) groups excluding carboxylic acids is 1. The smallest absolute Gasteiger partial charge is 0.227 e. The van der Waals surface area contributed by atoms with Gasteiger partial charge >= 0.3 is 0 Å². The number of hydrogen-bond acceptors (Lipinski definition) is 5. The first kappa shape index (κ1) is 22.8. The fraction of sp³-hybridized carbons (Fsp3) is 0.600. The summed E-state index contributed by atoms with van der Waals surface area (Å²) < 4.78 is 20.7. The number of piperazine rings is 1. The molecule has 0 bridgehead atoms. The molecule has 0 radical (unpaired) electrons. The largest absolute Gasteiger partial charge is 0.447 e. The lowest BCUT2D eigenvalue weighted by molar-refractivity contribution is -0.120. The summed E-state index contributed by atoms with van der Waals surface area (Å²) >= 11 is 0. The third-order valence-electron chi connectivity index (χ3n) is 7.17. The Kier molecular flexibility index (Phi) is 7.45. The zero-order valence-corrected chi connectivity index (χ0v) is 19.2. The molecule has 1 aliphatic heterocycles. The van der Waals surface area contributed by atoms with Crippen molar-refractivity contribution in [2.24, 2.45) is 11.8 Å². The molecule has 1 aromatic heterocycles. The van der Waals surface area contributed by atoms with Crippen LogP contribution in [-0.2, 0) is 4.79 Å². The standard InChI is InChI=1S/C25H35FN4O2/c1-3-18(4-2)24(31)28-20-9-10-22(21(26)17-20)29-12-14-30(15-13-29)23(19-7-5-6-8-19)25-27-11-16-32-25/h9-11,16-19,23H,3-8,12-15H2,1-2H3,(H,28,31). The first-order valence-corrected chi connectivity index (χ1v) is 12.1. The number of hydrogen-bond donors (Lipinski definition) is 1. The molecule has 1 unspecified atom stereocenters. The van der Waals surface area contributed by atoms with Gasteiger partial charge in [-0.2, -0.15) is 0 Å². The van der Waals surface area contributed by atoms with E-state index in [0.29, 0.717) is 17.3 Å². The van der Waals surface area contributed by atoms with Crippen LogP contribution in [0.15, 0.2) is 35.1 Å². The van der Waals surface area contributed by atoms with Crippen molar-refractivity contribution in [3.05, 3.63) is 42.4 Å². The van der Waals surface area contributed by atoms with Crippen LogP contribution in [0.3, 0.4) is 0 Å². The normalized spacial score (nSPS) is 18.9. The van der Waals surface area contributed by atoms with E-state index >= 15 is 0 Å². The molecule has 1 aromatic carbocycles. The zero-order chi connectivity index (χ0) is 22.5. The van der Waals surface area contributed by atoms with E-state index in [1.807, 2.05) is 13.8 Å². The molecule has 174 valence electrons. The van der Waals surface area contributed by atoms with Crippen molar-refractivity contribution in [2.45, 2.75) is 58.4 Å². The average molecular weight is 443 g/mol. The quantitative estimate of drug-likeness (QED) is 0.606. The summed E-state index contributed by atoms with van der Waals surface area (Å²) in [5.74, 6) is 1.02. The highest BCUT2D eigenvalue weighted by Gasteiger charge is 2.36. The molecule has 1 saturated heterocycles. The van der Waals surface area contributed by atoms with Crippen molar-refractivity contribution >= 4 is 17.3 Å². The van der Waals surface area contributed by atoms with Gasteiger partial charge in [0, 0.05) is 37.8 Å². The molecule has 32 heavy (non-hydrogen) atoms. The summed E-state index contributed by atoms with van der Waals surface area (Å²) in [6, 6.07) is 5.24. The number of benzene rings is 1. The summed E-state index contributed by atoms with van der Waals surface area (Å²) in [5.41, 5.74) is 1.12. The van der Waals surface area contributed by atoms with Gasteiger partial charge < -0.3 is 14.6 Å². The summed E-state index contributed by atoms with van der Waals surface area (Å²) in [6.45, 7) is 7.18. The number of carbonyl (C=O) groups is 1. The number of aromatic nitrogens is 1. The van der Waals surface area contributed by atoms with Crippen LogP contribution in [-0.4, -0.2) is 42.0 Å². The third-order valence-corrected chi connectivity index (χ3v) is 7.17. The van der Waals surface area contributed by atoms with E-state index in [2.05, 4.69) is 20.1 Å². The number of rotatable bonds is 8. The second kappa shape index (κ2) is 10.5. The fourth-order valence-corrected chi connectivity index (χ4v) is 5.30. The molecule has 2 heterocycles. The van der Waals surface area contributed by atoms with Crippen LogP contribution in [0.5, 0.6) is 0 Å². The maximum Gasteiger partial charge on any atom is 0.227 e. The molecule has 4 rings (SSSR count). The molecular weight excluding hydrogens is 407 g/mol. The summed E-state index contributed by atoms with van der Waals surface area (Å²) in [4.78, 5) is 21.3. The van der Waals surface area contributed by atoms with Crippen molar-refractivity contribution < 1.29 is 13.6 Å². The Hall–Kier alpha value is -2.41. The molecule has 6 nitrogen and oxygen atoms in total. The monoisotopic (exact) mass is 442 g/mol. The highest BCUT2D eigenvalue weighted by atomic mass is 19.1. The van der Waals surface area contributed by atoms with E-state index in [0.717, 1.165) is 44.9 Å². The summed E-state index contributed by atoms with van der Waals surface area (Å²) in [5, 5.41) is 2.86. The number of halogens is 1. The average Bonchev–Trinajstić information content (AvgIpc) is 3.51. The van der Waals surface area contributed by atoms with Gasteiger partial charge in [0.15, 0.2) is 0 Å². The third kappa shape index (κ3) is 4.98. The molecule has 1 aliphatic carbocycles. The predicted octanol–water partition coefficient (Wildman–Crippen LogP) is 5.24. The summed E-state index contributed by atoms with van der Waals surface area (Å²) in [7, 11) is 0. The first-order valence-electron chi connectivity index (χ1n) is 12.1. The highest BCUT2D eigenvalue weighted by molar-refractivity contribution is 5.92. The van der Waals surface area contributed by atoms with Crippen molar-refractivity contribution in [1.82, 2.24) is 9.88 Å². The number of nitrogens with one attached hydrogen (secondary N) is 1. The Morgan fingerprint density at radius 1 is 1.19 bits per heavy atom. The molecule has 1 N–H and O–H groups in total. The van der Waals surface area contributed by atoms with E-state index in [9.17, 15) is 9.18 Å². The molecular formula is C25H35FN4O2. The van der Waals surface area contributed by atoms with Gasteiger partial charge in [-0.25, -0.2) is 9.37 Å². The minimum Gasteiger partial charge on any atom is -0.447 e. The van der Waals surface area contributed by atoms with Gasteiger partial charge in [0.2, 0.25) is 11.8 Å². The van der Waals surface area contributed by atoms with Gasteiger partial charge in [-0.1, -0.05) is 26.7 Å². The van der Waals surface area contributed by atoms with Crippen LogP contribution in [0.2, 0.25) is 0 Å². The van der Waals surface area contributed by atoms with Crippen molar-refractivity contribution in [3.63, 3.8) is 0 Å². The fourth-order valence-electron chi connectivity index (χ4n) is 5.30. The van der Waals surface area contributed by atoms with Gasteiger partial charge in [0.1, 0.15) is 12.1 Å². The highest BCUT2D eigenvalue weighted by Crippen LogP contribution is 2.39. The second-order valence-electron chi connectivity index (χ2n) is 9.05. The Labute approximate surface area is 190 Å². The van der Waals surface area contributed by atoms with E-state index in [4.69, 9.17) is 4.42 Å². The zero-order valence-electron chi connectivity index (χ0n) is 19.2. The van der Waals surface area contributed by atoms with Crippen molar-refractivity contribution in [1.29, 1.82) is 0 Å². The molecule has 2 aromatic rings. The van der Waals surface area contributed by atoms with E-state index < -0.39 is 0 Å². The van der Waals surface area contributed by atoms with Crippen LogP contribution >= 0.6 is 0 Å². The lowest BCUT2D eigenvalue weighted by Crippen LogP contribution is -2.49. The molecule has 1 amide bonds. The van der Waals surface area contributed by atoms with Gasteiger partial charge in [-0.15, -0.1) is 0 Å². The van der Waals surface area contributed by atoms with Crippen LogP contribution in [0.1, 0.15) is 64.3 Å². The Morgan fingerprint density at radius 2 is 1.91 bits per heavy atom. The minimum absolute atomic E-state index is 0.0396.